The summed E-state index contributed by atoms with van der Waals surface area (Å²) in [7, 11) is 0. The second-order valence-corrected chi connectivity index (χ2v) is 16.6. The summed E-state index contributed by atoms with van der Waals surface area (Å²) >= 11 is 2.77. The molecule has 50 heavy (non-hydrogen) atoms. The summed E-state index contributed by atoms with van der Waals surface area (Å²) in [6.07, 6.45) is 3.67. The van der Waals surface area contributed by atoms with E-state index in [0.717, 1.165) is 60.9 Å². The number of ether oxygens (including phenoxy) is 2. The van der Waals surface area contributed by atoms with Crippen molar-refractivity contribution in [1.29, 1.82) is 0 Å². The summed E-state index contributed by atoms with van der Waals surface area (Å²) in [4.78, 5) is 39.3. The monoisotopic (exact) mass is 720 g/mol. The summed E-state index contributed by atoms with van der Waals surface area (Å²) in [6.45, 7) is 14.0. The number of likely N-dealkylation sites (tertiary alicyclic amines) is 1. The number of aromatic nitrogens is 2. The van der Waals surface area contributed by atoms with Crippen molar-refractivity contribution in [2.45, 2.75) is 70.9 Å². The van der Waals surface area contributed by atoms with Gasteiger partial charge in [0, 0.05) is 56.1 Å². The second kappa shape index (κ2) is 15.5. The molecule has 0 aliphatic carbocycles. The molecule has 4 heterocycles. The quantitative estimate of drug-likeness (QED) is 0.160. The average Bonchev–Trinajstić information content (AvgIpc) is 3.51. The number of carbonyl (C=O) groups is 1. The minimum Gasteiger partial charge on any atom is -0.506 e. The number of amides is 1. The van der Waals surface area contributed by atoms with Crippen molar-refractivity contribution in [2.24, 2.45) is 0 Å². The molecule has 2 saturated heterocycles. The number of fused-ring (bicyclic) bond motifs is 1. The SMILES string of the molecule is C[SH+]CN(Cc1cccc(CN2CCC3(CC2)CN(C(=O)c2csc(C)n2)CCO3)c1)C[C@H](OC(C)(C)C)c1ccc(O)c2[nH]c(=O)ccc12. The second-order valence-electron chi connectivity index (χ2n) is 14.6. The van der Waals surface area contributed by atoms with Gasteiger partial charge in [0.25, 0.3) is 5.91 Å². The number of rotatable bonds is 11. The van der Waals surface area contributed by atoms with Crippen molar-refractivity contribution in [3.8, 4) is 5.75 Å². The van der Waals surface area contributed by atoms with E-state index in [1.165, 1.54) is 40.3 Å². The molecule has 12 heteroatoms. The number of H-pyrrole nitrogens is 1. The highest BCUT2D eigenvalue weighted by atomic mass is 32.2. The number of aromatic hydroxyl groups is 1. The van der Waals surface area contributed by atoms with E-state index in [9.17, 15) is 14.7 Å². The fourth-order valence-corrected chi connectivity index (χ4v) is 8.38. The molecule has 0 unspecified atom stereocenters. The lowest BCUT2D eigenvalue weighted by atomic mass is 9.89. The van der Waals surface area contributed by atoms with Crippen molar-refractivity contribution in [3.63, 3.8) is 0 Å². The largest absolute Gasteiger partial charge is 0.506 e. The third-order valence-corrected chi connectivity index (χ3v) is 10.9. The van der Waals surface area contributed by atoms with Gasteiger partial charge in [-0.3, -0.25) is 19.4 Å². The van der Waals surface area contributed by atoms with Gasteiger partial charge in [0.05, 0.1) is 47.2 Å². The molecule has 2 aliphatic rings. The Morgan fingerprint density at radius 3 is 2.66 bits per heavy atom. The molecule has 1 amide bonds. The number of phenols is 1. The van der Waals surface area contributed by atoms with Crippen LogP contribution in [0.5, 0.6) is 5.75 Å². The van der Waals surface area contributed by atoms with Gasteiger partial charge in [-0.25, -0.2) is 4.98 Å². The van der Waals surface area contributed by atoms with E-state index >= 15 is 0 Å². The van der Waals surface area contributed by atoms with Gasteiger partial charge >= 0.3 is 0 Å². The molecule has 2 aromatic heterocycles. The van der Waals surface area contributed by atoms with Crippen LogP contribution in [0.15, 0.2) is 58.7 Å². The first-order valence-corrected chi connectivity index (χ1v) is 19.8. The molecule has 2 aliphatic heterocycles. The lowest BCUT2D eigenvalue weighted by Gasteiger charge is -2.47. The summed E-state index contributed by atoms with van der Waals surface area (Å²) in [6, 6.07) is 15.7. The van der Waals surface area contributed by atoms with Crippen molar-refractivity contribution >= 4 is 39.9 Å². The van der Waals surface area contributed by atoms with Crippen molar-refractivity contribution in [2.75, 3.05) is 51.5 Å². The fraction of sp³-hybridized carbons (Fsp3) is 0.500. The number of phenolic OH excluding ortho intramolecular Hbond substituents is 1. The van der Waals surface area contributed by atoms with E-state index < -0.39 is 5.60 Å². The minimum atomic E-state index is -0.406. The van der Waals surface area contributed by atoms with E-state index in [1.54, 1.807) is 12.1 Å². The van der Waals surface area contributed by atoms with Crippen LogP contribution in [0.3, 0.4) is 0 Å². The van der Waals surface area contributed by atoms with Gasteiger partial charge < -0.3 is 24.5 Å². The molecular weight excluding hydrogens is 671 g/mol. The Morgan fingerprint density at radius 2 is 1.94 bits per heavy atom. The van der Waals surface area contributed by atoms with Gasteiger partial charge in [-0.1, -0.05) is 30.3 Å². The van der Waals surface area contributed by atoms with E-state index in [4.69, 9.17) is 9.47 Å². The predicted octanol–water partition coefficient (Wildman–Crippen LogP) is 5.27. The zero-order valence-corrected chi connectivity index (χ0v) is 31.5. The molecule has 2 fully saturated rings. The summed E-state index contributed by atoms with van der Waals surface area (Å²) in [5, 5.41) is 14.1. The van der Waals surface area contributed by atoms with Crippen LogP contribution in [0.4, 0.5) is 0 Å². The Labute approximate surface area is 302 Å². The zero-order valence-electron chi connectivity index (χ0n) is 29.8. The zero-order chi connectivity index (χ0) is 35.5. The molecule has 2 N–H and O–H groups in total. The van der Waals surface area contributed by atoms with Gasteiger partial charge in [-0.2, -0.15) is 0 Å². The van der Waals surface area contributed by atoms with Crippen LogP contribution in [0.2, 0.25) is 0 Å². The van der Waals surface area contributed by atoms with Gasteiger partial charge in [0.2, 0.25) is 5.56 Å². The van der Waals surface area contributed by atoms with E-state index in [-0.39, 0.29) is 28.9 Å². The van der Waals surface area contributed by atoms with Crippen LogP contribution < -0.4 is 5.56 Å². The molecule has 0 saturated carbocycles. The maximum absolute atomic E-state index is 13.1. The number of pyridine rings is 1. The number of thiol groups is 1. The topological polar surface area (TPSA) is 111 Å². The summed E-state index contributed by atoms with van der Waals surface area (Å²) < 4.78 is 13.0. The first-order chi connectivity index (χ1) is 23.9. The highest BCUT2D eigenvalue weighted by Gasteiger charge is 2.41. The number of thiazole rings is 1. The molecule has 4 aromatic rings. The molecule has 1 atom stereocenters. The number of piperidine rings is 1. The smallest absolute Gasteiger partial charge is 0.273 e. The Hall–Kier alpha value is -3.26. The number of benzene rings is 2. The minimum absolute atomic E-state index is 0.0110. The number of morpholine rings is 1. The Morgan fingerprint density at radius 1 is 1.16 bits per heavy atom. The maximum Gasteiger partial charge on any atom is 0.273 e. The van der Waals surface area contributed by atoms with E-state index in [1.807, 2.05) is 23.3 Å². The fourth-order valence-electron chi connectivity index (χ4n) is 7.18. The Balaban J connectivity index is 1.11. The normalized spacial score (nSPS) is 17.5. The van der Waals surface area contributed by atoms with E-state index in [2.05, 4.69) is 71.1 Å². The third kappa shape index (κ3) is 8.96. The first-order valence-electron chi connectivity index (χ1n) is 17.4. The number of hydrogen-bond donors (Lipinski definition) is 2. The highest BCUT2D eigenvalue weighted by Crippen LogP contribution is 2.34. The van der Waals surface area contributed by atoms with Crippen LogP contribution in [0.25, 0.3) is 10.9 Å². The Kier molecular flexibility index (Phi) is 11.4. The molecule has 0 bridgehead atoms. The van der Waals surface area contributed by atoms with Crippen LogP contribution in [0, 0.1) is 6.92 Å². The van der Waals surface area contributed by atoms with Crippen LogP contribution in [-0.4, -0.2) is 98.3 Å². The molecule has 0 radical (unpaired) electrons. The summed E-state index contributed by atoms with van der Waals surface area (Å²) in [5.74, 6) is 0.930. The number of hydrogen-bond acceptors (Lipinski definition) is 9. The van der Waals surface area contributed by atoms with Crippen molar-refractivity contribution in [3.05, 3.63) is 91.7 Å². The van der Waals surface area contributed by atoms with Crippen LogP contribution in [0.1, 0.15) is 71.9 Å². The first kappa shape index (κ1) is 36.5. The number of nitrogens with zero attached hydrogens (tertiary/aromatic N) is 4. The van der Waals surface area contributed by atoms with Crippen molar-refractivity contribution in [1.82, 2.24) is 24.7 Å². The van der Waals surface area contributed by atoms with Gasteiger partial charge in [0.15, 0.2) is 5.88 Å². The number of nitrogens with one attached hydrogen (secondary N) is 1. The molecule has 268 valence electrons. The number of carbonyl (C=O) groups excluding carboxylic acids is 1. The molecule has 10 nitrogen and oxygen atoms in total. The lowest BCUT2D eigenvalue weighted by molar-refractivity contribution is -0.128. The Bertz CT molecular complexity index is 1850. The van der Waals surface area contributed by atoms with Crippen LogP contribution in [-0.2, 0) is 34.3 Å². The van der Waals surface area contributed by atoms with E-state index in [0.29, 0.717) is 37.5 Å². The maximum atomic E-state index is 13.1. The molecular formula is C38H50N5O5S2+. The molecule has 1 spiro atoms. The highest BCUT2D eigenvalue weighted by molar-refractivity contribution is 7.77. The number of aromatic amines is 1. The number of aryl methyl sites for hydroxylation is 1. The van der Waals surface area contributed by atoms with Gasteiger partial charge in [-0.15, -0.1) is 11.3 Å². The van der Waals surface area contributed by atoms with Gasteiger partial charge in [0.1, 0.15) is 11.4 Å². The standard InChI is InChI=1S/C38H49N5O5S2/c1-26-39-31(23-50-26)36(46)43-17-18-47-38(24-43)13-15-41(16-14-38)20-27-7-6-8-28(19-27)21-42(25-49-5)22-33(48-37(2,3)4)29-9-11-32(44)35-30(29)10-12-34(45)40-35/h6-12,19,23,33,44H,13-18,20-22,24-25H2,1-5H3,(H,40,45)/p+1/t33-/m0/s1. The molecule has 6 rings (SSSR count). The average molecular weight is 721 g/mol. The van der Waals surface area contributed by atoms with Crippen molar-refractivity contribution < 1.29 is 19.4 Å². The summed E-state index contributed by atoms with van der Waals surface area (Å²) in [5.41, 5.74) is 3.49. The molecule has 2 aromatic carbocycles. The predicted molar refractivity (Wildman–Crippen MR) is 202 cm³/mol. The lowest BCUT2D eigenvalue weighted by Crippen LogP contribution is -2.58. The van der Waals surface area contributed by atoms with Gasteiger partial charge in [-0.05, 0) is 81.1 Å². The third-order valence-electron chi connectivity index (χ3n) is 9.46. The van der Waals surface area contributed by atoms with Crippen LogP contribution >= 0.6 is 11.3 Å².